The molecule has 0 N–H and O–H groups in total. The van der Waals surface area contributed by atoms with Crippen LogP contribution >= 0.6 is 11.6 Å². The zero-order chi connectivity index (χ0) is 15.2. The highest BCUT2D eigenvalue weighted by Crippen LogP contribution is 2.26. The third kappa shape index (κ3) is 3.75. The Kier molecular flexibility index (Phi) is 4.82. The number of hydrogen-bond donors (Lipinski definition) is 0. The van der Waals surface area contributed by atoms with Gasteiger partial charge in [0.15, 0.2) is 5.82 Å². The number of halogens is 2. The van der Waals surface area contributed by atoms with Gasteiger partial charge >= 0.3 is 5.97 Å². The first-order valence-electron chi connectivity index (χ1n) is 5.90. The molecule has 0 aliphatic carbocycles. The lowest BCUT2D eigenvalue weighted by Gasteiger charge is -2.07. The van der Waals surface area contributed by atoms with Gasteiger partial charge in [-0.15, -0.1) is 0 Å². The molecule has 2 rings (SSSR count). The predicted octanol–water partition coefficient (Wildman–Crippen LogP) is 3.80. The Morgan fingerprint density at radius 1 is 1.29 bits per heavy atom. The maximum Gasteiger partial charge on any atom is 0.340 e. The zero-order valence-electron chi connectivity index (χ0n) is 10.7. The van der Waals surface area contributed by atoms with Gasteiger partial charge in [-0.3, -0.25) is 0 Å². The highest BCUT2D eigenvalue weighted by atomic mass is 35.5. The van der Waals surface area contributed by atoms with Crippen LogP contribution in [-0.2, 0) is 16.1 Å². The first kappa shape index (κ1) is 14.9. The Morgan fingerprint density at radius 2 is 2.00 bits per heavy atom. The maximum absolute atomic E-state index is 13.4. The largest absolute Gasteiger partial charge is 0.457 e. The van der Waals surface area contributed by atoms with E-state index < -0.39 is 11.8 Å². The molecule has 0 heterocycles. The van der Waals surface area contributed by atoms with Gasteiger partial charge < -0.3 is 4.74 Å². The summed E-state index contributed by atoms with van der Waals surface area (Å²) < 4.78 is 18.5. The van der Waals surface area contributed by atoms with Crippen LogP contribution in [0.4, 0.5) is 10.1 Å². The number of hydrogen-bond acceptors (Lipinski definition) is 4. The van der Waals surface area contributed by atoms with Crippen molar-refractivity contribution in [1.29, 1.82) is 0 Å². The molecule has 2 aromatic carbocycles. The second-order valence-electron chi connectivity index (χ2n) is 4.05. The van der Waals surface area contributed by atoms with Crippen LogP contribution in [0.1, 0.15) is 15.9 Å². The van der Waals surface area contributed by atoms with Crippen molar-refractivity contribution in [1.82, 2.24) is 0 Å². The van der Waals surface area contributed by atoms with Crippen molar-refractivity contribution in [3.05, 3.63) is 64.4 Å². The summed E-state index contributed by atoms with van der Waals surface area (Å²) in [6.45, 7) is 0.0552. The van der Waals surface area contributed by atoms with Gasteiger partial charge in [0.2, 0.25) is 6.08 Å². The Bertz CT molecular complexity index is 712. The van der Waals surface area contributed by atoms with E-state index in [2.05, 4.69) is 4.99 Å². The lowest BCUT2D eigenvalue weighted by Crippen LogP contribution is -2.06. The van der Waals surface area contributed by atoms with Crippen LogP contribution in [0.15, 0.2) is 47.5 Å². The topological polar surface area (TPSA) is 55.7 Å². The van der Waals surface area contributed by atoms with Crippen LogP contribution in [-0.4, -0.2) is 12.0 Å². The fourth-order valence-electron chi connectivity index (χ4n) is 1.63. The van der Waals surface area contributed by atoms with Gasteiger partial charge in [-0.1, -0.05) is 41.9 Å². The van der Waals surface area contributed by atoms with E-state index in [4.69, 9.17) is 16.3 Å². The first-order chi connectivity index (χ1) is 10.1. The van der Waals surface area contributed by atoms with Gasteiger partial charge in [-0.05, 0) is 17.7 Å². The highest BCUT2D eigenvalue weighted by molar-refractivity contribution is 6.33. The van der Waals surface area contributed by atoms with E-state index in [0.29, 0.717) is 0 Å². The van der Waals surface area contributed by atoms with E-state index >= 15 is 0 Å². The smallest absolute Gasteiger partial charge is 0.340 e. The molecule has 0 fully saturated rings. The number of carbonyl (C=O) groups excluding carboxylic acids is 2. The van der Waals surface area contributed by atoms with Crippen molar-refractivity contribution in [2.24, 2.45) is 4.99 Å². The average Bonchev–Trinajstić information content (AvgIpc) is 2.49. The molecule has 6 heteroatoms. The summed E-state index contributed by atoms with van der Waals surface area (Å²) in [5, 5.41) is -0.115. The lowest BCUT2D eigenvalue weighted by molar-refractivity contribution is 0.0473. The standard InChI is InChI=1S/C15H9ClFNO3/c16-12-7-13(17)14(18-9-19)6-11(12)15(20)21-8-10-4-2-1-3-5-10/h1-7H,8H2. The average molecular weight is 306 g/mol. The van der Waals surface area contributed by atoms with Crippen LogP contribution in [0.25, 0.3) is 0 Å². The molecular weight excluding hydrogens is 297 g/mol. The molecule has 0 radical (unpaired) electrons. The van der Waals surface area contributed by atoms with Crippen LogP contribution in [0.2, 0.25) is 5.02 Å². The van der Waals surface area contributed by atoms with Crippen molar-refractivity contribution in [2.45, 2.75) is 6.61 Å². The monoisotopic (exact) mass is 305 g/mol. The minimum absolute atomic E-state index is 0.0552. The molecule has 0 atom stereocenters. The fourth-order valence-corrected chi connectivity index (χ4v) is 1.86. The molecule has 0 aliphatic rings. The number of rotatable bonds is 4. The Morgan fingerprint density at radius 3 is 2.67 bits per heavy atom. The number of carbonyl (C=O) groups is 1. The zero-order valence-corrected chi connectivity index (χ0v) is 11.4. The van der Waals surface area contributed by atoms with Gasteiger partial charge in [0.25, 0.3) is 0 Å². The third-order valence-electron chi connectivity index (χ3n) is 2.64. The van der Waals surface area contributed by atoms with Crippen molar-refractivity contribution in [2.75, 3.05) is 0 Å². The van der Waals surface area contributed by atoms with E-state index in [1.807, 2.05) is 18.2 Å². The van der Waals surface area contributed by atoms with Crippen LogP contribution in [0, 0.1) is 5.82 Å². The van der Waals surface area contributed by atoms with Gasteiger partial charge in [0.1, 0.15) is 12.3 Å². The second kappa shape index (κ2) is 6.79. The van der Waals surface area contributed by atoms with E-state index in [0.717, 1.165) is 17.7 Å². The summed E-state index contributed by atoms with van der Waals surface area (Å²) in [4.78, 5) is 25.3. The summed E-state index contributed by atoms with van der Waals surface area (Å²) >= 11 is 5.80. The van der Waals surface area contributed by atoms with Crippen LogP contribution < -0.4 is 0 Å². The molecule has 0 aliphatic heterocycles. The van der Waals surface area contributed by atoms with E-state index in [1.165, 1.54) is 6.08 Å². The quantitative estimate of drug-likeness (QED) is 0.490. The maximum atomic E-state index is 13.4. The molecule has 0 spiro atoms. The van der Waals surface area contributed by atoms with E-state index in [-0.39, 0.29) is 22.9 Å². The summed E-state index contributed by atoms with van der Waals surface area (Å²) in [6.07, 6.45) is 1.21. The third-order valence-corrected chi connectivity index (χ3v) is 2.95. The molecule has 0 aromatic heterocycles. The molecule has 0 amide bonds. The van der Waals surface area contributed by atoms with Gasteiger partial charge in [-0.25, -0.2) is 14.0 Å². The number of ether oxygens (including phenoxy) is 1. The highest BCUT2D eigenvalue weighted by Gasteiger charge is 2.16. The molecule has 2 aromatic rings. The number of benzene rings is 2. The summed E-state index contributed by atoms with van der Waals surface area (Å²) in [6, 6.07) is 11.0. The van der Waals surface area contributed by atoms with Gasteiger partial charge in [0, 0.05) is 0 Å². The lowest BCUT2D eigenvalue weighted by atomic mass is 10.2. The van der Waals surface area contributed by atoms with Crippen molar-refractivity contribution in [3.63, 3.8) is 0 Å². The number of esters is 1. The predicted molar refractivity (Wildman–Crippen MR) is 74.8 cm³/mol. The fraction of sp³-hybridized carbons (Fsp3) is 0.0667. The molecule has 0 saturated carbocycles. The summed E-state index contributed by atoms with van der Waals surface area (Å²) in [5.74, 6) is -1.55. The summed E-state index contributed by atoms with van der Waals surface area (Å²) in [5.41, 5.74) is 0.416. The van der Waals surface area contributed by atoms with Crippen molar-refractivity contribution < 1.29 is 18.7 Å². The molecule has 0 unspecified atom stereocenters. The van der Waals surface area contributed by atoms with Gasteiger partial charge in [-0.2, -0.15) is 4.99 Å². The Balaban J connectivity index is 2.19. The van der Waals surface area contributed by atoms with Crippen molar-refractivity contribution in [3.8, 4) is 0 Å². The van der Waals surface area contributed by atoms with Gasteiger partial charge in [0.05, 0.1) is 10.6 Å². The van der Waals surface area contributed by atoms with E-state index in [9.17, 15) is 14.0 Å². The second-order valence-corrected chi connectivity index (χ2v) is 4.46. The molecule has 106 valence electrons. The molecule has 4 nitrogen and oxygen atoms in total. The molecule has 0 bridgehead atoms. The molecule has 0 saturated heterocycles. The molecule has 21 heavy (non-hydrogen) atoms. The van der Waals surface area contributed by atoms with Crippen LogP contribution in [0.5, 0.6) is 0 Å². The number of nitrogens with zero attached hydrogens (tertiary/aromatic N) is 1. The normalized spacial score (nSPS) is 9.81. The first-order valence-corrected chi connectivity index (χ1v) is 6.27. The Hall–Kier alpha value is -2.49. The molecular formula is C15H9ClFNO3. The minimum atomic E-state index is -0.817. The summed E-state index contributed by atoms with van der Waals surface area (Å²) in [7, 11) is 0. The van der Waals surface area contributed by atoms with Crippen LogP contribution in [0.3, 0.4) is 0 Å². The number of aliphatic imine (C=N–C) groups is 1. The SMILES string of the molecule is O=C=Nc1cc(C(=O)OCc2ccccc2)c(Cl)cc1F. The Labute approximate surface area is 124 Å². The minimum Gasteiger partial charge on any atom is -0.457 e. The number of isocyanates is 1. The van der Waals surface area contributed by atoms with Crippen molar-refractivity contribution >= 4 is 29.3 Å². The van der Waals surface area contributed by atoms with E-state index in [1.54, 1.807) is 12.1 Å².